The summed E-state index contributed by atoms with van der Waals surface area (Å²) in [4.78, 5) is 23.0. The second-order valence-corrected chi connectivity index (χ2v) is 3.64. The van der Waals surface area contributed by atoms with Crippen LogP contribution in [0.25, 0.3) is 0 Å². The standard InChI is InChI=1S/C8H16N2O4/c1-5-10(6(11)9-13)7(12)14-8(2,3)4/h13H,5H2,1-4H3,(H,9,11). The first-order valence-corrected chi connectivity index (χ1v) is 4.26. The van der Waals surface area contributed by atoms with Crippen LogP contribution in [0.1, 0.15) is 27.7 Å². The Morgan fingerprint density at radius 1 is 1.43 bits per heavy atom. The molecule has 0 bridgehead atoms. The summed E-state index contributed by atoms with van der Waals surface area (Å²) in [6, 6.07) is -0.901. The lowest BCUT2D eigenvalue weighted by Gasteiger charge is -2.24. The Bertz CT molecular complexity index is 222. The lowest BCUT2D eigenvalue weighted by Crippen LogP contribution is -2.44. The van der Waals surface area contributed by atoms with E-state index in [1.165, 1.54) is 5.48 Å². The van der Waals surface area contributed by atoms with Gasteiger partial charge in [-0.05, 0) is 27.7 Å². The van der Waals surface area contributed by atoms with Gasteiger partial charge in [-0.3, -0.25) is 5.21 Å². The fraction of sp³-hybridized carbons (Fsp3) is 0.750. The summed E-state index contributed by atoms with van der Waals surface area (Å²) < 4.78 is 4.93. The van der Waals surface area contributed by atoms with Crippen LogP contribution in [0.5, 0.6) is 0 Å². The molecule has 0 atom stereocenters. The quantitative estimate of drug-likeness (QED) is 0.499. The number of nitrogens with zero attached hydrogens (tertiary/aromatic N) is 1. The highest BCUT2D eigenvalue weighted by Crippen LogP contribution is 2.09. The molecule has 6 heteroatoms. The number of amides is 3. The van der Waals surface area contributed by atoms with Gasteiger partial charge in [-0.1, -0.05) is 0 Å². The van der Waals surface area contributed by atoms with Crippen molar-refractivity contribution < 1.29 is 19.5 Å². The van der Waals surface area contributed by atoms with Crippen LogP contribution in [-0.2, 0) is 4.74 Å². The molecule has 0 spiro atoms. The van der Waals surface area contributed by atoms with Crippen LogP contribution in [0, 0.1) is 0 Å². The SMILES string of the molecule is CCN(C(=O)NO)C(=O)OC(C)(C)C. The van der Waals surface area contributed by atoms with Crippen molar-refractivity contribution in [2.45, 2.75) is 33.3 Å². The van der Waals surface area contributed by atoms with E-state index in [0.717, 1.165) is 4.90 Å². The summed E-state index contributed by atoms with van der Waals surface area (Å²) in [5.74, 6) is 0. The minimum Gasteiger partial charge on any atom is -0.443 e. The first-order chi connectivity index (χ1) is 6.31. The van der Waals surface area contributed by atoms with Crippen molar-refractivity contribution in [3.63, 3.8) is 0 Å². The predicted molar refractivity (Wildman–Crippen MR) is 48.9 cm³/mol. The molecule has 0 aliphatic carbocycles. The Labute approximate surface area is 82.8 Å². The lowest BCUT2D eigenvalue weighted by molar-refractivity contribution is 0.0289. The topological polar surface area (TPSA) is 78.9 Å². The maximum atomic E-state index is 11.3. The molecule has 82 valence electrons. The number of hydrogen-bond donors (Lipinski definition) is 2. The molecule has 0 aliphatic rings. The Hall–Kier alpha value is -1.30. The number of ether oxygens (including phenoxy) is 1. The second-order valence-electron chi connectivity index (χ2n) is 3.64. The van der Waals surface area contributed by atoms with Crippen molar-refractivity contribution in [1.82, 2.24) is 10.4 Å². The van der Waals surface area contributed by atoms with Crippen molar-refractivity contribution >= 4 is 12.1 Å². The number of imide groups is 1. The molecular weight excluding hydrogens is 188 g/mol. The third kappa shape index (κ3) is 4.08. The van der Waals surface area contributed by atoms with Gasteiger partial charge in [0.05, 0.1) is 0 Å². The highest BCUT2D eigenvalue weighted by Gasteiger charge is 2.25. The Morgan fingerprint density at radius 2 is 1.93 bits per heavy atom. The fourth-order valence-electron chi connectivity index (χ4n) is 0.733. The van der Waals surface area contributed by atoms with Gasteiger partial charge in [-0.25, -0.2) is 20.0 Å². The summed E-state index contributed by atoms with van der Waals surface area (Å²) in [6.07, 6.45) is -0.786. The van der Waals surface area contributed by atoms with Gasteiger partial charge in [0, 0.05) is 6.54 Å². The zero-order chi connectivity index (χ0) is 11.4. The van der Waals surface area contributed by atoms with Gasteiger partial charge < -0.3 is 4.74 Å². The molecule has 0 aromatic heterocycles. The number of carbonyl (C=O) groups excluding carboxylic acids is 2. The molecule has 0 fully saturated rings. The zero-order valence-electron chi connectivity index (χ0n) is 8.83. The van der Waals surface area contributed by atoms with Crippen LogP contribution in [0.3, 0.4) is 0 Å². The lowest BCUT2D eigenvalue weighted by atomic mass is 10.2. The van der Waals surface area contributed by atoms with Crippen LogP contribution in [0.15, 0.2) is 0 Å². The smallest absolute Gasteiger partial charge is 0.418 e. The van der Waals surface area contributed by atoms with Crippen LogP contribution in [-0.4, -0.2) is 34.4 Å². The molecule has 6 nitrogen and oxygen atoms in total. The van der Waals surface area contributed by atoms with E-state index in [4.69, 9.17) is 9.94 Å². The monoisotopic (exact) mass is 204 g/mol. The van der Waals surface area contributed by atoms with Gasteiger partial charge in [0.1, 0.15) is 5.60 Å². The molecule has 3 amide bonds. The van der Waals surface area contributed by atoms with Gasteiger partial charge >= 0.3 is 12.1 Å². The Balaban J connectivity index is 4.40. The third-order valence-electron chi connectivity index (χ3n) is 1.27. The summed E-state index contributed by atoms with van der Waals surface area (Å²) in [5.41, 5.74) is 0.702. The molecule has 0 rings (SSSR count). The number of nitrogens with one attached hydrogen (secondary N) is 1. The van der Waals surface area contributed by atoms with Crippen molar-refractivity contribution in [3.8, 4) is 0 Å². The molecule has 0 unspecified atom stereocenters. The highest BCUT2D eigenvalue weighted by molar-refractivity contribution is 5.90. The molecule has 0 radical (unpaired) electrons. The number of carbonyl (C=O) groups is 2. The van der Waals surface area contributed by atoms with E-state index in [0.29, 0.717) is 0 Å². The second kappa shape index (κ2) is 4.80. The molecule has 0 heterocycles. The molecule has 14 heavy (non-hydrogen) atoms. The maximum Gasteiger partial charge on any atom is 0.418 e. The van der Waals surface area contributed by atoms with E-state index in [-0.39, 0.29) is 6.54 Å². The van der Waals surface area contributed by atoms with Crippen LogP contribution in [0.4, 0.5) is 9.59 Å². The zero-order valence-corrected chi connectivity index (χ0v) is 8.83. The van der Waals surface area contributed by atoms with E-state index in [1.54, 1.807) is 27.7 Å². The average Bonchev–Trinajstić information content (AvgIpc) is 2.01. The van der Waals surface area contributed by atoms with Crippen LogP contribution >= 0.6 is 0 Å². The Morgan fingerprint density at radius 3 is 2.21 bits per heavy atom. The van der Waals surface area contributed by atoms with E-state index in [1.807, 2.05) is 0 Å². The molecular formula is C8H16N2O4. The normalized spacial score (nSPS) is 10.6. The average molecular weight is 204 g/mol. The number of hydrogen-bond acceptors (Lipinski definition) is 4. The van der Waals surface area contributed by atoms with Crippen molar-refractivity contribution in [2.24, 2.45) is 0 Å². The highest BCUT2D eigenvalue weighted by atomic mass is 16.6. The van der Waals surface area contributed by atoms with Crippen molar-refractivity contribution in [2.75, 3.05) is 6.54 Å². The van der Waals surface area contributed by atoms with E-state index >= 15 is 0 Å². The van der Waals surface area contributed by atoms with Gasteiger partial charge in [0.15, 0.2) is 0 Å². The van der Waals surface area contributed by atoms with Gasteiger partial charge in [0.25, 0.3) is 0 Å². The van der Waals surface area contributed by atoms with Gasteiger partial charge in [-0.2, -0.15) is 0 Å². The van der Waals surface area contributed by atoms with Gasteiger partial charge in [0.2, 0.25) is 0 Å². The predicted octanol–water partition coefficient (Wildman–Crippen LogP) is 1.34. The number of hydroxylamine groups is 1. The van der Waals surface area contributed by atoms with Crippen molar-refractivity contribution in [3.05, 3.63) is 0 Å². The first kappa shape index (κ1) is 12.7. The summed E-state index contributed by atoms with van der Waals surface area (Å²) in [6.45, 7) is 6.79. The maximum absolute atomic E-state index is 11.3. The molecule has 0 saturated heterocycles. The number of urea groups is 1. The molecule has 2 N–H and O–H groups in total. The molecule has 0 saturated carbocycles. The summed E-state index contributed by atoms with van der Waals surface area (Å²) in [5, 5.41) is 8.33. The molecule has 0 aromatic carbocycles. The van der Waals surface area contributed by atoms with Crippen LogP contribution in [0.2, 0.25) is 0 Å². The summed E-state index contributed by atoms with van der Waals surface area (Å²) >= 11 is 0. The minimum absolute atomic E-state index is 0.126. The fourth-order valence-corrected chi connectivity index (χ4v) is 0.733. The largest absolute Gasteiger partial charge is 0.443 e. The van der Waals surface area contributed by atoms with E-state index in [2.05, 4.69) is 0 Å². The molecule has 0 aliphatic heterocycles. The van der Waals surface area contributed by atoms with Gasteiger partial charge in [-0.15, -0.1) is 0 Å². The first-order valence-electron chi connectivity index (χ1n) is 4.26. The third-order valence-corrected chi connectivity index (χ3v) is 1.27. The van der Waals surface area contributed by atoms with Crippen LogP contribution < -0.4 is 5.48 Å². The summed E-state index contributed by atoms with van der Waals surface area (Å²) in [7, 11) is 0. The van der Waals surface area contributed by atoms with Crippen molar-refractivity contribution in [1.29, 1.82) is 0 Å². The molecule has 0 aromatic rings. The Kier molecular flexibility index (Phi) is 4.36. The minimum atomic E-state index is -0.901. The van der Waals surface area contributed by atoms with E-state index in [9.17, 15) is 9.59 Å². The number of rotatable bonds is 1. The van der Waals surface area contributed by atoms with E-state index < -0.39 is 17.7 Å².